The lowest BCUT2D eigenvalue weighted by Crippen LogP contribution is -2.14. The maximum absolute atomic E-state index is 12.6. The zero-order valence-electron chi connectivity index (χ0n) is 6.40. The van der Waals surface area contributed by atoms with Crippen molar-refractivity contribution in [2.75, 3.05) is 0 Å². The fourth-order valence-electron chi connectivity index (χ4n) is 0.890. The zero-order chi connectivity index (χ0) is 9.14. The predicted molar refractivity (Wildman–Crippen MR) is 44.5 cm³/mol. The van der Waals surface area contributed by atoms with Crippen LogP contribution in [0.3, 0.4) is 0 Å². The SMILES string of the molecule is Cc1ccc(F)cc1C(=O)NCl. The van der Waals surface area contributed by atoms with Crippen LogP contribution in [-0.2, 0) is 0 Å². The summed E-state index contributed by atoms with van der Waals surface area (Å²) in [5.74, 6) is -0.940. The van der Waals surface area contributed by atoms with Crippen molar-refractivity contribution in [3.05, 3.63) is 35.1 Å². The number of hydrogen-bond donors (Lipinski definition) is 1. The number of carbonyl (C=O) groups excluding carboxylic acids is 1. The van der Waals surface area contributed by atoms with Crippen LogP contribution < -0.4 is 4.84 Å². The molecule has 4 heteroatoms. The van der Waals surface area contributed by atoms with Gasteiger partial charge < -0.3 is 0 Å². The number of amides is 1. The fourth-order valence-corrected chi connectivity index (χ4v) is 0.992. The Labute approximate surface area is 74.5 Å². The first-order valence-electron chi connectivity index (χ1n) is 3.32. The van der Waals surface area contributed by atoms with Gasteiger partial charge in [-0.05, 0) is 24.6 Å². The maximum atomic E-state index is 12.6. The van der Waals surface area contributed by atoms with Gasteiger partial charge in [-0.15, -0.1) is 0 Å². The van der Waals surface area contributed by atoms with Gasteiger partial charge in [0, 0.05) is 17.3 Å². The lowest BCUT2D eigenvalue weighted by Gasteiger charge is -2.01. The molecule has 0 radical (unpaired) electrons. The number of halogens is 2. The molecule has 1 amide bonds. The van der Waals surface area contributed by atoms with Crippen LogP contribution >= 0.6 is 11.8 Å². The second-order valence-corrected chi connectivity index (χ2v) is 2.57. The van der Waals surface area contributed by atoms with Crippen molar-refractivity contribution >= 4 is 17.7 Å². The summed E-state index contributed by atoms with van der Waals surface area (Å²) >= 11 is 5.09. The normalized spacial score (nSPS) is 9.58. The molecule has 0 aliphatic heterocycles. The van der Waals surface area contributed by atoms with E-state index in [1.54, 1.807) is 6.92 Å². The van der Waals surface area contributed by atoms with Crippen LogP contribution in [0.2, 0.25) is 0 Å². The van der Waals surface area contributed by atoms with E-state index in [1.165, 1.54) is 12.1 Å². The molecular formula is C8H7ClFNO. The molecule has 0 atom stereocenters. The Hall–Kier alpha value is -1.09. The minimum atomic E-state index is -0.492. The van der Waals surface area contributed by atoms with Crippen LogP contribution in [0.25, 0.3) is 0 Å². The lowest BCUT2D eigenvalue weighted by atomic mass is 10.1. The monoisotopic (exact) mass is 187 g/mol. The average molecular weight is 188 g/mol. The summed E-state index contributed by atoms with van der Waals surface area (Å²) in [7, 11) is 0. The number of carbonyl (C=O) groups is 1. The van der Waals surface area contributed by atoms with E-state index in [0.29, 0.717) is 5.56 Å². The van der Waals surface area contributed by atoms with E-state index in [9.17, 15) is 9.18 Å². The van der Waals surface area contributed by atoms with E-state index < -0.39 is 11.7 Å². The van der Waals surface area contributed by atoms with Gasteiger partial charge in [-0.2, -0.15) is 0 Å². The van der Waals surface area contributed by atoms with Gasteiger partial charge in [0.25, 0.3) is 5.91 Å². The molecule has 0 heterocycles. The zero-order valence-corrected chi connectivity index (χ0v) is 7.15. The highest BCUT2D eigenvalue weighted by molar-refractivity contribution is 6.24. The van der Waals surface area contributed by atoms with Gasteiger partial charge in [0.05, 0.1) is 0 Å². The van der Waals surface area contributed by atoms with Crippen LogP contribution in [0.1, 0.15) is 15.9 Å². The van der Waals surface area contributed by atoms with E-state index in [4.69, 9.17) is 11.8 Å². The van der Waals surface area contributed by atoms with Crippen molar-refractivity contribution in [3.63, 3.8) is 0 Å². The molecule has 0 saturated carbocycles. The van der Waals surface area contributed by atoms with Gasteiger partial charge in [-0.25, -0.2) is 4.39 Å². The number of hydrogen-bond acceptors (Lipinski definition) is 1. The van der Waals surface area contributed by atoms with Crippen molar-refractivity contribution in [1.29, 1.82) is 0 Å². The molecule has 0 saturated heterocycles. The van der Waals surface area contributed by atoms with Gasteiger partial charge in [0.2, 0.25) is 0 Å². The Bertz CT molecular complexity index is 314. The number of aryl methyl sites for hydroxylation is 1. The quantitative estimate of drug-likeness (QED) is 0.670. The van der Waals surface area contributed by atoms with Crippen LogP contribution in [0.15, 0.2) is 18.2 Å². The van der Waals surface area contributed by atoms with Crippen LogP contribution in [0.5, 0.6) is 0 Å². The van der Waals surface area contributed by atoms with Gasteiger partial charge in [-0.1, -0.05) is 6.07 Å². The molecule has 12 heavy (non-hydrogen) atoms. The number of nitrogens with one attached hydrogen (secondary N) is 1. The van der Waals surface area contributed by atoms with Gasteiger partial charge in [-0.3, -0.25) is 9.63 Å². The molecule has 0 aliphatic carbocycles. The summed E-state index contributed by atoms with van der Waals surface area (Å²) in [6.07, 6.45) is 0. The minimum Gasteiger partial charge on any atom is -0.268 e. The lowest BCUT2D eigenvalue weighted by molar-refractivity contribution is 0.0981. The highest BCUT2D eigenvalue weighted by atomic mass is 35.5. The molecule has 2 nitrogen and oxygen atoms in total. The van der Waals surface area contributed by atoms with Crippen molar-refractivity contribution in [2.24, 2.45) is 0 Å². The maximum Gasteiger partial charge on any atom is 0.265 e. The van der Waals surface area contributed by atoms with Crippen LogP contribution in [0.4, 0.5) is 4.39 Å². The molecule has 0 aromatic heterocycles. The number of benzene rings is 1. The second-order valence-electron chi connectivity index (χ2n) is 2.38. The molecule has 64 valence electrons. The first-order valence-corrected chi connectivity index (χ1v) is 3.70. The standard InChI is InChI=1S/C8H7ClFNO/c1-5-2-3-6(10)4-7(5)8(12)11-9/h2-4H,1H3,(H,11,12). The van der Waals surface area contributed by atoms with Gasteiger partial charge in [0.1, 0.15) is 5.82 Å². The van der Waals surface area contributed by atoms with E-state index in [0.717, 1.165) is 6.07 Å². The molecule has 0 aliphatic rings. The topological polar surface area (TPSA) is 29.1 Å². The summed E-state index contributed by atoms with van der Waals surface area (Å²) in [5.41, 5.74) is 0.944. The Morgan fingerprint density at radius 2 is 2.25 bits per heavy atom. The molecule has 0 fully saturated rings. The van der Waals surface area contributed by atoms with E-state index in [1.807, 2.05) is 4.84 Å². The Balaban J connectivity index is 3.13. The predicted octanol–water partition coefficient (Wildman–Crippen LogP) is 2.02. The third kappa shape index (κ3) is 1.74. The first kappa shape index (κ1) is 9.00. The van der Waals surface area contributed by atoms with E-state index >= 15 is 0 Å². The van der Waals surface area contributed by atoms with Crippen LogP contribution in [0, 0.1) is 12.7 Å². The fraction of sp³-hybridized carbons (Fsp3) is 0.125. The Morgan fingerprint density at radius 1 is 1.58 bits per heavy atom. The summed E-state index contributed by atoms with van der Waals surface area (Å²) in [4.78, 5) is 12.9. The van der Waals surface area contributed by atoms with Crippen molar-refractivity contribution in [2.45, 2.75) is 6.92 Å². The molecule has 1 aromatic carbocycles. The molecule has 0 spiro atoms. The van der Waals surface area contributed by atoms with Crippen LogP contribution in [-0.4, -0.2) is 5.91 Å². The molecule has 0 bridgehead atoms. The molecule has 1 rings (SSSR count). The smallest absolute Gasteiger partial charge is 0.265 e. The van der Waals surface area contributed by atoms with Crippen molar-refractivity contribution < 1.29 is 9.18 Å². The van der Waals surface area contributed by atoms with E-state index in [-0.39, 0.29) is 5.56 Å². The minimum absolute atomic E-state index is 0.255. The third-order valence-electron chi connectivity index (χ3n) is 1.53. The van der Waals surface area contributed by atoms with Crippen molar-refractivity contribution in [1.82, 2.24) is 4.84 Å². The average Bonchev–Trinajstić information content (AvgIpc) is 2.08. The van der Waals surface area contributed by atoms with Gasteiger partial charge in [0.15, 0.2) is 0 Å². The second kappa shape index (κ2) is 3.54. The van der Waals surface area contributed by atoms with Gasteiger partial charge >= 0.3 is 0 Å². The molecule has 1 aromatic rings. The molecular weight excluding hydrogens is 181 g/mol. The summed E-state index contributed by atoms with van der Waals surface area (Å²) in [6, 6.07) is 3.96. The number of rotatable bonds is 1. The first-order chi connectivity index (χ1) is 5.65. The highest BCUT2D eigenvalue weighted by Gasteiger charge is 2.07. The third-order valence-corrected chi connectivity index (χ3v) is 1.70. The Kier molecular flexibility index (Phi) is 2.65. The highest BCUT2D eigenvalue weighted by Crippen LogP contribution is 2.09. The summed E-state index contributed by atoms with van der Waals surface area (Å²) in [5, 5.41) is 0. The largest absolute Gasteiger partial charge is 0.268 e. The summed E-state index contributed by atoms with van der Waals surface area (Å²) in [6.45, 7) is 1.71. The molecule has 1 N–H and O–H groups in total. The van der Waals surface area contributed by atoms with E-state index in [2.05, 4.69) is 0 Å². The Morgan fingerprint density at radius 3 is 2.83 bits per heavy atom. The van der Waals surface area contributed by atoms with Crippen molar-refractivity contribution in [3.8, 4) is 0 Å². The molecule has 0 unspecified atom stereocenters. The summed E-state index contributed by atoms with van der Waals surface area (Å²) < 4.78 is 12.6.